The highest BCUT2D eigenvalue weighted by Crippen LogP contribution is 2.21. The number of hydrogen-bond donors (Lipinski definition) is 2. The van der Waals surface area contributed by atoms with E-state index in [9.17, 15) is 4.79 Å². The fourth-order valence-electron chi connectivity index (χ4n) is 2.97. The van der Waals surface area contributed by atoms with Gasteiger partial charge in [0.15, 0.2) is 0 Å². The Labute approximate surface area is 115 Å². The number of carbonyl (C=O) groups excluding carboxylic acids is 1. The Bertz CT molecular complexity index is 272. The minimum atomic E-state index is -0.333. The molecule has 110 valence electrons. The highest BCUT2D eigenvalue weighted by atomic mass is 16.6. The minimum absolute atomic E-state index is 0.111. The first-order chi connectivity index (χ1) is 9.28. The summed E-state index contributed by atoms with van der Waals surface area (Å²) < 4.78 is 10.7. The molecular formula is C14H26N2O3. The summed E-state index contributed by atoms with van der Waals surface area (Å²) in [5.41, 5.74) is 5.76. The van der Waals surface area contributed by atoms with Gasteiger partial charge in [0.1, 0.15) is 6.10 Å². The zero-order valence-corrected chi connectivity index (χ0v) is 11.8. The first-order valence-corrected chi connectivity index (χ1v) is 7.53. The summed E-state index contributed by atoms with van der Waals surface area (Å²) in [4.78, 5) is 11.7. The van der Waals surface area contributed by atoms with E-state index < -0.39 is 0 Å². The summed E-state index contributed by atoms with van der Waals surface area (Å²) >= 11 is 0. The van der Waals surface area contributed by atoms with Gasteiger partial charge in [0.2, 0.25) is 0 Å². The molecule has 5 heteroatoms. The number of hydrazine groups is 1. The number of rotatable bonds is 4. The maximum Gasteiger partial charge on any atom is 0.421 e. The van der Waals surface area contributed by atoms with E-state index in [0.717, 1.165) is 38.5 Å². The number of ether oxygens (including phenoxy) is 2. The van der Waals surface area contributed by atoms with Gasteiger partial charge in [-0.1, -0.05) is 6.42 Å². The van der Waals surface area contributed by atoms with Gasteiger partial charge in [-0.25, -0.2) is 10.2 Å². The number of methoxy groups -OCH3 is 1. The van der Waals surface area contributed by atoms with E-state index in [1.54, 1.807) is 7.11 Å². The van der Waals surface area contributed by atoms with E-state index in [4.69, 9.17) is 9.47 Å². The van der Waals surface area contributed by atoms with Crippen molar-refractivity contribution >= 4 is 6.09 Å². The van der Waals surface area contributed by atoms with Crippen LogP contribution in [0.2, 0.25) is 0 Å². The van der Waals surface area contributed by atoms with Gasteiger partial charge in [0.05, 0.1) is 6.10 Å². The predicted molar refractivity (Wildman–Crippen MR) is 72.7 cm³/mol. The Balaban J connectivity index is 1.58. The summed E-state index contributed by atoms with van der Waals surface area (Å²) in [7, 11) is 1.76. The molecule has 5 nitrogen and oxygen atoms in total. The van der Waals surface area contributed by atoms with Crippen LogP contribution in [0.1, 0.15) is 57.8 Å². The van der Waals surface area contributed by atoms with Crippen LogP contribution in [0.4, 0.5) is 4.79 Å². The molecular weight excluding hydrogens is 244 g/mol. The van der Waals surface area contributed by atoms with Gasteiger partial charge in [-0.2, -0.15) is 0 Å². The molecule has 0 saturated heterocycles. The molecule has 0 unspecified atom stereocenters. The van der Waals surface area contributed by atoms with Gasteiger partial charge >= 0.3 is 6.09 Å². The molecule has 0 aromatic carbocycles. The molecule has 0 aromatic heterocycles. The van der Waals surface area contributed by atoms with E-state index >= 15 is 0 Å². The van der Waals surface area contributed by atoms with Crippen LogP contribution < -0.4 is 10.9 Å². The molecule has 1 amide bonds. The van der Waals surface area contributed by atoms with Crippen LogP contribution in [-0.2, 0) is 9.47 Å². The molecule has 0 heterocycles. The Hall–Kier alpha value is -0.810. The zero-order valence-electron chi connectivity index (χ0n) is 11.8. The second-order valence-electron chi connectivity index (χ2n) is 5.64. The molecule has 0 aromatic rings. The molecule has 2 saturated carbocycles. The molecule has 0 radical (unpaired) electrons. The molecule has 0 aliphatic heterocycles. The lowest BCUT2D eigenvalue weighted by molar-refractivity contribution is 0.0549. The van der Waals surface area contributed by atoms with Gasteiger partial charge in [-0.3, -0.25) is 5.43 Å². The summed E-state index contributed by atoms with van der Waals surface area (Å²) in [5, 5.41) is 0. The van der Waals surface area contributed by atoms with Crippen molar-refractivity contribution in [2.75, 3.05) is 7.11 Å². The van der Waals surface area contributed by atoms with Gasteiger partial charge in [0, 0.05) is 13.2 Å². The van der Waals surface area contributed by atoms with Crippen molar-refractivity contribution in [3.63, 3.8) is 0 Å². The summed E-state index contributed by atoms with van der Waals surface area (Å²) in [5.74, 6) is 0. The van der Waals surface area contributed by atoms with Crippen LogP contribution in [-0.4, -0.2) is 31.5 Å². The Morgan fingerprint density at radius 1 is 0.947 bits per heavy atom. The standard InChI is InChI=1S/C14H26N2O3/c1-18-12-9-7-11(8-10-12)15-16-14(17)19-13-5-3-2-4-6-13/h11-13,15H,2-10H2,1H3,(H,16,17). The molecule has 19 heavy (non-hydrogen) atoms. The number of carbonyl (C=O) groups is 1. The topological polar surface area (TPSA) is 59.6 Å². The van der Waals surface area contributed by atoms with Crippen molar-refractivity contribution in [1.29, 1.82) is 0 Å². The van der Waals surface area contributed by atoms with E-state index in [-0.39, 0.29) is 12.2 Å². The van der Waals surface area contributed by atoms with Crippen molar-refractivity contribution in [3.8, 4) is 0 Å². The quantitative estimate of drug-likeness (QED) is 0.771. The van der Waals surface area contributed by atoms with E-state index in [1.165, 1.54) is 19.3 Å². The highest BCUT2D eigenvalue weighted by Gasteiger charge is 2.22. The fraction of sp³-hybridized carbons (Fsp3) is 0.929. The van der Waals surface area contributed by atoms with Gasteiger partial charge in [0.25, 0.3) is 0 Å². The van der Waals surface area contributed by atoms with E-state index in [1.807, 2.05) is 0 Å². The zero-order chi connectivity index (χ0) is 13.5. The first-order valence-electron chi connectivity index (χ1n) is 7.53. The van der Waals surface area contributed by atoms with Crippen molar-refractivity contribution in [2.45, 2.75) is 76.0 Å². The van der Waals surface area contributed by atoms with E-state index in [0.29, 0.717) is 12.1 Å². The third-order valence-corrected chi connectivity index (χ3v) is 4.21. The summed E-state index contributed by atoms with van der Waals surface area (Å²) in [6, 6.07) is 0.338. The third kappa shape index (κ3) is 4.99. The molecule has 2 aliphatic carbocycles. The van der Waals surface area contributed by atoms with Crippen LogP contribution in [0.25, 0.3) is 0 Å². The predicted octanol–water partition coefficient (Wildman–Crippen LogP) is 2.51. The molecule has 2 N–H and O–H groups in total. The van der Waals surface area contributed by atoms with Crippen molar-refractivity contribution in [3.05, 3.63) is 0 Å². The average Bonchev–Trinajstić information content (AvgIpc) is 2.47. The summed E-state index contributed by atoms with van der Waals surface area (Å²) in [6.07, 6.45) is 9.94. The SMILES string of the molecule is COC1CCC(NNC(=O)OC2CCCCC2)CC1. The number of nitrogens with one attached hydrogen (secondary N) is 2. The van der Waals surface area contributed by atoms with Gasteiger partial charge < -0.3 is 9.47 Å². The highest BCUT2D eigenvalue weighted by molar-refractivity contribution is 5.66. The summed E-state index contributed by atoms with van der Waals surface area (Å²) in [6.45, 7) is 0. The van der Waals surface area contributed by atoms with Crippen LogP contribution in [0.15, 0.2) is 0 Å². The normalized spacial score (nSPS) is 28.9. The van der Waals surface area contributed by atoms with Crippen molar-refractivity contribution in [2.24, 2.45) is 0 Å². The fourth-order valence-corrected chi connectivity index (χ4v) is 2.97. The largest absolute Gasteiger partial charge is 0.445 e. The molecule has 2 aliphatic rings. The lowest BCUT2D eigenvalue weighted by Gasteiger charge is -2.28. The number of hydrogen-bond acceptors (Lipinski definition) is 4. The van der Waals surface area contributed by atoms with Crippen LogP contribution in [0, 0.1) is 0 Å². The lowest BCUT2D eigenvalue weighted by Crippen LogP contribution is -2.47. The molecule has 2 rings (SSSR count). The Kier molecular flexibility index (Phi) is 5.92. The number of amides is 1. The second kappa shape index (κ2) is 7.70. The Morgan fingerprint density at radius 3 is 2.26 bits per heavy atom. The maximum absolute atomic E-state index is 11.7. The van der Waals surface area contributed by atoms with Crippen molar-refractivity contribution in [1.82, 2.24) is 10.9 Å². The molecule has 0 atom stereocenters. The smallest absolute Gasteiger partial charge is 0.421 e. The van der Waals surface area contributed by atoms with Crippen molar-refractivity contribution < 1.29 is 14.3 Å². The van der Waals surface area contributed by atoms with Crippen LogP contribution in [0.5, 0.6) is 0 Å². The van der Waals surface area contributed by atoms with Gasteiger partial charge in [-0.05, 0) is 51.4 Å². The van der Waals surface area contributed by atoms with Gasteiger partial charge in [-0.15, -0.1) is 0 Å². The minimum Gasteiger partial charge on any atom is -0.445 e. The average molecular weight is 270 g/mol. The molecule has 0 spiro atoms. The maximum atomic E-state index is 11.7. The molecule has 0 bridgehead atoms. The van der Waals surface area contributed by atoms with Crippen LogP contribution in [0.3, 0.4) is 0 Å². The van der Waals surface area contributed by atoms with E-state index in [2.05, 4.69) is 10.9 Å². The lowest BCUT2D eigenvalue weighted by atomic mass is 9.93. The Morgan fingerprint density at radius 2 is 1.63 bits per heavy atom. The first kappa shape index (κ1) is 14.6. The second-order valence-corrected chi connectivity index (χ2v) is 5.64. The third-order valence-electron chi connectivity index (χ3n) is 4.21. The molecule has 2 fully saturated rings. The monoisotopic (exact) mass is 270 g/mol. The van der Waals surface area contributed by atoms with Crippen LogP contribution >= 0.6 is 0 Å².